The van der Waals surface area contributed by atoms with Gasteiger partial charge in [-0.3, -0.25) is 4.79 Å². The average Bonchev–Trinajstić information content (AvgIpc) is 2.98. The van der Waals surface area contributed by atoms with Gasteiger partial charge in [0, 0.05) is 30.9 Å². The molecule has 1 amide bonds. The van der Waals surface area contributed by atoms with Crippen LogP contribution in [0.25, 0.3) is 0 Å². The standard InChI is InChI=1S/C14H24N4O/c1-3-16-11(2)9-14(19)17-12-5-4-6-13(12)18-8-7-15-10-18/h7-8,10-13,16H,3-6,9H2,1-2H3,(H,17,19). The third-order valence-corrected chi connectivity index (χ3v) is 3.78. The summed E-state index contributed by atoms with van der Waals surface area (Å²) in [4.78, 5) is 16.1. The fourth-order valence-electron chi connectivity index (χ4n) is 2.90. The van der Waals surface area contributed by atoms with Crippen LogP contribution >= 0.6 is 0 Å². The molecule has 5 nitrogen and oxygen atoms in total. The molecule has 1 heterocycles. The summed E-state index contributed by atoms with van der Waals surface area (Å²) in [5, 5.41) is 6.44. The highest BCUT2D eigenvalue weighted by molar-refractivity contribution is 5.76. The van der Waals surface area contributed by atoms with E-state index in [0.717, 1.165) is 25.8 Å². The van der Waals surface area contributed by atoms with Crippen LogP contribution < -0.4 is 10.6 Å². The van der Waals surface area contributed by atoms with Crippen LogP contribution in [0.3, 0.4) is 0 Å². The number of aromatic nitrogens is 2. The molecule has 3 unspecified atom stereocenters. The van der Waals surface area contributed by atoms with Crippen molar-refractivity contribution in [3.05, 3.63) is 18.7 Å². The van der Waals surface area contributed by atoms with Crippen LogP contribution in [0, 0.1) is 0 Å². The Bertz CT molecular complexity index is 390. The summed E-state index contributed by atoms with van der Waals surface area (Å²) < 4.78 is 2.12. The lowest BCUT2D eigenvalue weighted by atomic mass is 10.1. The zero-order valence-electron chi connectivity index (χ0n) is 11.8. The Hall–Kier alpha value is -1.36. The molecule has 2 rings (SSSR count). The minimum atomic E-state index is 0.144. The average molecular weight is 264 g/mol. The number of hydrogen-bond donors (Lipinski definition) is 2. The van der Waals surface area contributed by atoms with E-state index in [9.17, 15) is 4.79 Å². The zero-order valence-corrected chi connectivity index (χ0v) is 11.8. The molecular formula is C14H24N4O. The van der Waals surface area contributed by atoms with E-state index in [-0.39, 0.29) is 18.0 Å². The fourth-order valence-corrected chi connectivity index (χ4v) is 2.90. The van der Waals surface area contributed by atoms with E-state index in [4.69, 9.17) is 0 Å². The third kappa shape index (κ3) is 3.80. The van der Waals surface area contributed by atoms with Crippen LogP contribution in [0.15, 0.2) is 18.7 Å². The smallest absolute Gasteiger partial charge is 0.221 e. The minimum Gasteiger partial charge on any atom is -0.351 e. The van der Waals surface area contributed by atoms with Crippen LogP contribution in [0.5, 0.6) is 0 Å². The van der Waals surface area contributed by atoms with E-state index in [1.165, 1.54) is 0 Å². The molecule has 1 aromatic rings. The molecule has 1 aliphatic carbocycles. The minimum absolute atomic E-state index is 0.144. The second kappa shape index (κ2) is 6.70. The Balaban J connectivity index is 1.86. The first-order valence-corrected chi connectivity index (χ1v) is 7.21. The Morgan fingerprint density at radius 1 is 1.53 bits per heavy atom. The van der Waals surface area contributed by atoms with Gasteiger partial charge >= 0.3 is 0 Å². The molecule has 1 saturated carbocycles. The van der Waals surface area contributed by atoms with Crippen LogP contribution in [0.4, 0.5) is 0 Å². The molecule has 5 heteroatoms. The van der Waals surface area contributed by atoms with Crippen LogP contribution in [0.2, 0.25) is 0 Å². The van der Waals surface area contributed by atoms with Crippen molar-refractivity contribution in [3.8, 4) is 0 Å². The number of rotatable bonds is 6. The molecule has 0 radical (unpaired) electrons. The predicted octanol–water partition coefficient (Wildman–Crippen LogP) is 1.48. The normalized spacial score (nSPS) is 24.3. The monoisotopic (exact) mass is 264 g/mol. The largest absolute Gasteiger partial charge is 0.351 e. The second-order valence-corrected chi connectivity index (χ2v) is 5.35. The number of imidazole rings is 1. The third-order valence-electron chi connectivity index (χ3n) is 3.78. The van der Waals surface area contributed by atoms with Crippen molar-refractivity contribution in [1.29, 1.82) is 0 Å². The summed E-state index contributed by atoms with van der Waals surface area (Å²) in [5.74, 6) is 0.144. The number of nitrogens with one attached hydrogen (secondary N) is 2. The van der Waals surface area contributed by atoms with Crippen molar-refractivity contribution in [1.82, 2.24) is 20.2 Å². The van der Waals surface area contributed by atoms with Crippen LogP contribution in [-0.4, -0.2) is 34.1 Å². The van der Waals surface area contributed by atoms with Crippen molar-refractivity contribution in [3.63, 3.8) is 0 Å². The number of nitrogens with zero attached hydrogens (tertiary/aromatic N) is 2. The van der Waals surface area contributed by atoms with E-state index < -0.39 is 0 Å². The zero-order chi connectivity index (χ0) is 13.7. The van der Waals surface area contributed by atoms with Crippen molar-refractivity contribution in [2.45, 2.75) is 57.7 Å². The van der Waals surface area contributed by atoms with Crippen LogP contribution in [-0.2, 0) is 4.79 Å². The van der Waals surface area contributed by atoms with Gasteiger partial charge in [0.05, 0.1) is 12.4 Å². The maximum Gasteiger partial charge on any atom is 0.221 e. The molecular weight excluding hydrogens is 240 g/mol. The lowest BCUT2D eigenvalue weighted by molar-refractivity contribution is -0.122. The molecule has 1 aromatic heterocycles. The van der Waals surface area contributed by atoms with Gasteiger partial charge in [0.1, 0.15) is 0 Å². The quantitative estimate of drug-likeness (QED) is 0.818. The highest BCUT2D eigenvalue weighted by Gasteiger charge is 2.29. The first-order chi connectivity index (χ1) is 9.20. The molecule has 2 N–H and O–H groups in total. The number of amides is 1. The maximum absolute atomic E-state index is 12.0. The molecule has 0 bridgehead atoms. The van der Waals surface area contributed by atoms with Gasteiger partial charge in [0.2, 0.25) is 5.91 Å². The van der Waals surface area contributed by atoms with Gasteiger partial charge in [-0.25, -0.2) is 4.98 Å². The molecule has 0 aliphatic heterocycles. The highest BCUT2D eigenvalue weighted by atomic mass is 16.1. The van der Waals surface area contributed by atoms with Gasteiger partial charge in [0.25, 0.3) is 0 Å². The summed E-state index contributed by atoms with van der Waals surface area (Å²) in [6.45, 7) is 5.00. The predicted molar refractivity (Wildman–Crippen MR) is 74.8 cm³/mol. The lowest BCUT2D eigenvalue weighted by Crippen LogP contribution is -2.41. The molecule has 19 heavy (non-hydrogen) atoms. The second-order valence-electron chi connectivity index (χ2n) is 5.35. The molecule has 106 valence electrons. The first kappa shape index (κ1) is 14.1. The van der Waals surface area contributed by atoms with Gasteiger partial charge in [-0.2, -0.15) is 0 Å². The van der Waals surface area contributed by atoms with Gasteiger partial charge < -0.3 is 15.2 Å². The Morgan fingerprint density at radius 3 is 3.05 bits per heavy atom. The van der Waals surface area contributed by atoms with E-state index in [1.807, 2.05) is 19.4 Å². The summed E-state index contributed by atoms with van der Waals surface area (Å²) in [6, 6.07) is 0.842. The molecule has 0 spiro atoms. The SMILES string of the molecule is CCNC(C)CC(=O)NC1CCCC1n1ccnc1. The number of carbonyl (C=O) groups is 1. The van der Waals surface area contributed by atoms with Crippen molar-refractivity contribution in [2.24, 2.45) is 0 Å². The topological polar surface area (TPSA) is 59.0 Å². The fraction of sp³-hybridized carbons (Fsp3) is 0.714. The molecule has 1 fully saturated rings. The summed E-state index contributed by atoms with van der Waals surface area (Å²) >= 11 is 0. The van der Waals surface area contributed by atoms with E-state index in [0.29, 0.717) is 12.5 Å². The van der Waals surface area contributed by atoms with Crippen LogP contribution in [0.1, 0.15) is 45.6 Å². The highest BCUT2D eigenvalue weighted by Crippen LogP contribution is 2.29. The first-order valence-electron chi connectivity index (χ1n) is 7.21. The Labute approximate surface area is 114 Å². The molecule has 3 atom stereocenters. The van der Waals surface area contributed by atoms with Crippen molar-refractivity contribution < 1.29 is 4.79 Å². The summed E-state index contributed by atoms with van der Waals surface area (Å²) in [6.07, 6.45) is 9.50. The molecule has 1 aliphatic rings. The van der Waals surface area contributed by atoms with Crippen molar-refractivity contribution >= 4 is 5.91 Å². The Kier molecular flexibility index (Phi) is 4.96. The van der Waals surface area contributed by atoms with Gasteiger partial charge in [-0.05, 0) is 32.7 Å². The Morgan fingerprint density at radius 2 is 2.37 bits per heavy atom. The number of carbonyl (C=O) groups excluding carboxylic acids is 1. The summed E-state index contributed by atoms with van der Waals surface area (Å²) in [7, 11) is 0. The van der Waals surface area contributed by atoms with Gasteiger partial charge in [0.15, 0.2) is 0 Å². The number of hydrogen-bond acceptors (Lipinski definition) is 3. The molecule has 0 saturated heterocycles. The van der Waals surface area contributed by atoms with Crippen molar-refractivity contribution in [2.75, 3.05) is 6.54 Å². The van der Waals surface area contributed by atoms with E-state index >= 15 is 0 Å². The van der Waals surface area contributed by atoms with E-state index in [1.54, 1.807) is 6.20 Å². The lowest BCUT2D eigenvalue weighted by Gasteiger charge is -2.23. The van der Waals surface area contributed by atoms with E-state index in [2.05, 4.69) is 27.1 Å². The maximum atomic E-state index is 12.0. The van der Waals surface area contributed by atoms with Gasteiger partial charge in [-0.1, -0.05) is 6.92 Å². The molecule has 0 aromatic carbocycles. The summed E-state index contributed by atoms with van der Waals surface area (Å²) in [5.41, 5.74) is 0. The van der Waals surface area contributed by atoms with Gasteiger partial charge in [-0.15, -0.1) is 0 Å².